The number of benzene rings is 3. The van der Waals surface area contributed by atoms with Crippen LogP contribution in [0.2, 0.25) is 0 Å². The van der Waals surface area contributed by atoms with Crippen LogP contribution < -0.4 is 5.32 Å². The zero-order chi connectivity index (χ0) is 22.7. The number of carbonyl (C=O) groups excluding carboxylic acids is 1. The molecule has 158 valence electrons. The number of ether oxygens (including phenoxy) is 1. The van der Waals surface area contributed by atoms with E-state index >= 15 is 0 Å². The summed E-state index contributed by atoms with van der Waals surface area (Å²) in [7, 11) is 1.16. The van der Waals surface area contributed by atoms with Crippen molar-refractivity contribution in [1.29, 1.82) is 0 Å². The van der Waals surface area contributed by atoms with Gasteiger partial charge >= 0.3 is 11.8 Å². The van der Waals surface area contributed by atoms with Crippen molar-refractivity contribution in [3.05, 3.63) is 62.7 Å². The quantitative estimate of drug-likeness (QED) is 0.297. The first-order valence-corrected chi connectivity index (χ1v) is 8.40. The predicted molar refractivity (Wildman–Crippen MR) is 107 cm³/mol. The van der Waals surface area contributed by atoms with Gasteiger partial charge < -0.3 is 14.9 Å². The van der Waals surface area contributed by atoms with Crippen molar-refractivity contribution in [2.24, 2.45) is 10.2 Å². The van der Waals surface area contributed by atoms with Crippen molar-refractivity contribution in [3.8, 4) is 11.5 Å². The fourth-order valence-corrected chi connectivity index (χ4v) is 2.73. The number of methoxy groups -OCH3 is 1. The minimum atomic E-state index is -1.00. The molecule has 0 aliphatic carbocycles. The number of nitrogens with zero attached hydrogens (tertiary/aromatic N) is 4. The lowest BCUT2D eigenvalue weighted by Crippen LogP contribution is -2.11. The molecule has 0 fully saturated rings. The first kappa shape index (κ1) is 20.9. The van der Waals surface area contributed by atoms with Crippen LogP contribution in [0.1, 0.15) is 0 Å². The molecule has 0 bridgehead atoms. The SMILES string of the molecule is COC(=O)Nc1cccc2ccc(O)c(N=Nc3cc([N+](=O)[O-])cc([N+](=O)[O-])c3O)c12. The molecule has 0 aromatic heterocycles. The van der Waals surface area contributed by atoms with Gasteiger partial charge in [-0.25, -0.2) is 4.79 Å². The molecule has 3 aromatic rings. The molecule has 0 saturated heterocycles. The van der Waals surface area contributed by atoms with Gasteiger partial charge in [0.25, 0.3) is 5.69 Å². The molecule has 13 heteroatoms. The van der Waals surface area contributed by atoms with E-state index in [0.717, 1.165) is 13.2 Å². The summed E-state index contributed by atoms with van der Waals surface area (Å²) in [6, 6.07) is 9.01. The molecule has 1 amide bonds. The Morgan fingerprint density at radius 2 is 1.81 bits per heavy atom. The minimum absolute atomic E-state index is 0.155. The van der Waals surface area contributed by atoms with Crippen LogP contribution in [0.3, 0.4) is 0 Å². The lowest BCUT2D eigenvalue weighted by molar-refractivity contribution is -0.394. The highest BCUT2D eigenvalue weighted by atomic mass is 16.6. The number of nitro groups is 2. The molecule has 0 aliphatic rings. The number of nitrogens with one attached hydrogen (secondary N) is 1. The Kier molecular flexibility index (Phi) is 5.59. The summed E-state index contributed by atoms with van der Waals surface area (Å²) in [5, 5.41) is 53.3. The first-order valence-electron chi connectivity index (χ1n) is 8.40. The topological polar surface area (TPSA) is 190 Å². The maximum atomic E-state index is 11.6. The van der Waals surface area contributed by atoms with Crippen LogP contribution in [0.5, 0.6) is 11.5 Å². The van der Waals surface area contributed by atoms with Gasteiger partial charge in [-0.1, -0.05) is 18.2 Å². The molecule has 3 aromatic carbocycles. The summed E-state index contributed by atoms with van der Waals surface area (Å²) in [6.45, 7) is 0. The Bertz CT molecular complexity index is 1260. The third kappa shape index (κ3) is 4.14. The number of hydrogen-bond acceptors (Lipinski definition) is 10. The number of anilines is 1. The Hall–Kier alpha value is -4.81. The van der Waals surface area contributed by atoms with Gasteiger partial charge in [-0.05, 0) is 17.5 Å². The van der Waals surface area contributed by atoms with Gasteiger partial charge in [0.05, 0.1) is 28.7 Å². The van der Waals surface area contributed by atoms with E-state index in [1.807, 2.05) is 0 Å². The number of phenolic OH excluding ortho intramolecular Hbond substituents is 2. The van der Waals surface area contributed by atoms with Crippen molar-refractivity contribution >= 4 is 45.3 Å². The van der Waals surface area contributed by atoms with Crippen LogP contribution in [0.15, 0.2) is 52.7 Å². The molecule has 31 heavy (non-hydrogen) atoms. The van der Waals surface area contributed by atoms with E-state index in [4.69, 9.17) is 0 Å². The monoisotopic (exact) mass is 427 g/mol. The Morgan fingerprint density at radius 3 is 2.45 bits per heavy atom. The third-order valence-electron chi connectivity index (χ3n) is 4.14. The van der Waals surface area contributed by atoms with Gasteiger partial charge in [-0.2, -0.15) is 0 Å². The van der Waals surface area contributed by atoms with Gasteiger partial charge in [-0.15, -0.1) is 10.2 Å². The second-order valence-electron chi connectivity index (χ2n) is 6.00. The number of fused-ring (bicyclic) bond motifs is 1. The lowest BCUT2D eigenvalue weighted by Gasteiger charge is -2.10. The summed E-state index contributed by atoms with van der Waals surface area (Å²) in [5.41, 5.74) is -2.12. The number of aromatic hydroxyl groups is 2. The molecule has 0 aliphatic heterocycles. The second-order valence-corrected chi connectivity index (χ2v) is 6.00. The molecule has 13 nitrogen and oxygen atoms in total. The average molecular weight is 427 g/mol. The predicted octanol–water partition coefficient (Wildman–Crippen LogP) is 4.66. The van der Waals surface area contributed by atoms with Gasteiger partial charge in [0.2, 0.25) is 5.75 Å². The molecule has 3 rings (SSSR count). The number of nitro benzene ring substituents is 2. The highest BCUT2D eigenvalue weighted by molar-refractivity contribution is 6.07. The second kappa shape index (κ2) is 8.28. The zero-order valence-electron chi connectivity index (χ0n) is 15.7. The van der Waals surface area contributed by atoms with Crippen LogP contribution in [-0.4, -0.2) is 33.3 Å². The molecular weight excluding hydrogens is 414 g/mol. The number of azo groups is 1. The number of hydrogen-bond donors (Lipinski definition) is 3. The van der Waals surface area contributed by atoms with E-state index in [9.17, 15) is 35.2 Å². The third-order valence-corrected chi connectivity index (χ3v) is 4.14. The molecule has 0 saturated carbocycles. The average Bonchev–Trinajstić information content (AvgIpc) is 2.73. The molecule has 0 spiro atoms. The van der Waals surface area contributed by atoms with Crippen molar-refractivity contribution in [1.82, 2.24) is 0 Å². The normalized spacial score (nSPS) is 10.9. The standard InChI is InChI=1S/C18H13N5O8/c1-31-18(26)19-11-4-2-3-9-5-6-14(24)16(15(9)11)21-20-12-7-10(22(27)28)8-13(17(12)25)23(29)30/h2-8,24-25H,1H3,(H,19,26). The molecule has 0 atom stereocenters. The van der Waals surface area contributed by atoms with Gasteiger partial charge in [0.15, 0.2) is 0 Å². The number of carbonyl (C=O) groups is 1. The molecule has 0 radical (unpaired) electrons. The molecule has 3 N–H and O–H groups in total. The van der Waals surface area contributed by atoms with Crippen LogP contribution in [0, 0.1) is 20.2 Å². The fraction of sp³-hybridized carbons (Fsp3) is 0.0556. The summed E-state index contributed by atoms with van der Waals surface area (Å²) < 4.78 is 4.56. The number of non-ortho nitro benzene ring substituents is 1. The highest BCUT2D eigenvalue weighted by Crippen LogP contribution is 2.43. The molecule has 0 unspecified atom stereocenters. The van der Waals surface area contributed by atoms with E-state index in [1.165, 1.54) is 12.1 Å². The van der Waals surface area contributed by atoms with E-state index in [2.05, 4.69) is 20.3 Å². The lowest BCUT2D eigenvalue weighted by atomic mass is 10.1. The Morgan fingerprint density at radius 1 is 1.06 bits per heavy atom. The summed E-state index contributed by atoms with van der Waals surface area (Å²) in [6.07, 6.45) is -0.786. The summed E-state index contributed by atoms with van der Waals surface area (Å²) in [4.78, 5) is 31.9. The van der Waals surface area contributed by atoms with Crippen molar-refractivity contribution in [2.45, 2.75) is 0 Å². The van der Waals surface area contributed by atoms with Crippen LogP contribution in [-0.2, 0) is 4.74 Å². The highest BCUT2D eigenvalue weighted by Gasteiger charge is 2.24. The van der Waals surface area contributed by atoms with E-state index in [0.29, 0.717) is 11.5 Å². The molecule has 0 heterocycles. The van der Waals surface area contributed by atoms with Crippen LogP contribution >= 0.6 is 0 Å². The number of rotatable bonds is 5. The first-order chi connectivity index (χ1) is 14.7. The van der Waals surface area contributed by atoms with E-state index in [-0.39, 0.29) is 22.5 Å². The largest absolute Gasteiger partial charge is 0.506 e. The van der Waals surface area contributed by atoms with E-state index in [1.54, 1.807) is 18.2 Å². The Labute approximate surface area is 172 Å². The van der Waals surface area contributed by atoms with Crippen LogP contribution in [0.25, 0.3) is 10.8 Å². The van der Waals surface area contributed by atoms with E-state index < -0.39 is 38.8 Å². The molecular formula is C18H13N5O8. The van der Waals surface area contributed by atoms with Crippen LogP contribution in [0.4, 0.5) is 33.2 Å². The maximum absolute atomic E-state index is 11.6. The number of phenols is 2. The summed E-state index contributed by atoms with van der Waals surface area (Å²) >= 11 is 0. The van der Waals surface area contributed by atoms with Crippen molar-refractivity contribution in [3.63, 3.8) is 0 Å². The smallest absolute Gasteiger partial charge is 0.411 e. The van der Waals surface area contributed by atoms with Crippen molar-refractivity contribution < 1.29 is 29.6 Å². The zero-order valence-corrected chi connectivity index (χ0v) is 15.7. The van der Waals surface area contributed by atoms with Crippen molar-refractivity contribution in [2.75, 3.05) is 12.4 Å². The van der Waals surface area contributed by atoms with Gasteiger partial charge in [0.1, 0.15) is 17.1 Å². The fourth-order valence-electron chi connectivity index (χ4n) is 2.73. The maximum Gasteiger partial charge on any atom is 0.411 e. The minimum Gasteiger partial charge on any atom is -0.506 e. The number of amides is 1. The summed E-state index contributed by atoms with van der Waals surface area (Å²) in [5.74, 6) is -1.30. The van der Waals surface area contributed by atoms with Gasteiger partial charge in [0, 0.05) is 11.5 Å². The van der Waals surface area contributed by atoms with Gasteiger partial charge in [-0.3, -0.25) is 25.5 Å². The Balaban J connectivity index is 2.20.